The van der Waals surface area contributed by atoms with Gasteiger partial charge in [-0.2, -0.15) is 0 Å². The second kappa shape index (κ2) is 4.68. The molecule has 0 saturated carbocycles. The number of nitrogens with zero attached hydrogens (tertiary/aromatic N) is 1. The van der Waals surface area contributed by atoms with Crippen molar-refractivity contribution in [3.05, 3.63) is 46.7 Å². The van der Waals surface area contributed by atoms with E-state index in [1.165, 1.54) is 29.5 Å². The zero-order chi connectivity index (χ0) is 12.3. The highest BCUT2D eigenvalue weighted by Gasteiger charge is 2.21. The van der Waals surface area contributed by atoms with E-state index < -0.39 is 9.84 Å². The van der Waals surface area contributed by atoms with Gasteiger partial charge in [0.1, 0.15) is 0 Å². The Kier molecular flexibility index (Phi) is 3.26. The Morgan fingerprint density at radius 3 is 2.53 bits per heavy atom. The van der Waals surface area contributed by atoms with Crippen molar-refractivity contribution in [1.29, 1.82) is 0 Å². The molecule has 2 aromatic rings. The fourth-order valence-corrected chi connectivity index (χ4v) is 3.94. The van der Waals surface area contributed by atoms with E-state index in [0.717, 1.165) is 6.21 Å². The second-order valence-electron chi connectivity index (χ2n) is 3.21. The zero-order valence-electron chi connectivity index (χ0n) is 8.65. The summed E-state index contributed by atoms with van der Waals surface area (Å²) in [5.41, 5.74) is 0. The minimum Gasteiger partial charge on any atom is -0.411 e. The third kappa shape index (κ3) is 2.22. The fourth-order valence-electron chi connectivity index (χ4n) is 1.40. The van der Waals surface area contributed by atoms with Gasteiger partial charge in [0.2, 0.25) is 9.84 Å². The van der Waals surface area contributed by atoms with Crippen molar-refractivity contribution in [1.82, 2.24) is 0 Å². The van der Waals surface area contributed by atoms with Crippen molar-refractivity contribution < 1.29 is 13.6 Å². The Morgan fingerprint density at radius 2 is 1.88 bits per heavy atom. The first-order valence-electron chi connectivity index (χ1n) is 4.71. The van der Waals surface area contributed by atoms with Gasteiger partial charge in [-0.25, -0.2) is 8.42 Å². The molecule has 0 aliphatic rings. The molecule has 1 heterocycles. The van der Waals surface area contributed by atoms with Crippen LogP contribution in [0.5, 0.6) is 0 Å². The number of benzene rings is 1. The van der Waals surface area contributed by atoms with E-state index in [1.807, 2.05) is 0 Å². The van der Waals surface area contributed by atoms with Gasteiger partial charge in [0.15, 0.2) is 0 Å². The highest BCUT2D eigenvalue weighted by molar-refractivity contribution is 7.91. The smallest absolute Gasteiger partial charge is 0.208 e. The topological polar surface area (TPSA) is 66.7 Å². The highest BCUT2D eigenvalue weighted by Crippen LogP contribution is 2.26. The van der Waals surface area contributed by atoms with E-state index in [1.54, 1.807) is 23.6 Å². The standard InChI is InChI=1S/C11H9NO3S2/c13-12-8-10-11(6-7-16-10)17(14,15)9-4-2-1-3-5-9/h1-8,13H/b12-8+. The van der Waals surface area contributed by atoms with E-state index in [9.17, 15) is 8.42 Å². The molecule has 1 aromatic heterocycles. The average Bonchev–Trinajstić information content (AvgIpc) is 2.80. The van der Waals surface area contributed by atoms with E-state index in [4.69, 9.17) is 5.21 Å². The lowest BCUT2D eigenvalue weighted by atomic mass is 10.4. The summed E-state index contributed by atoms with van der Waals surface area (Å²) in [6.07, 6.45) is 1.13. The van der Waals surface area contributed by atoms with Gasteiger partial charge in [0.25, 0.3) is 0 Å². The van der Waals surface area contributed by atoms with Gasteiger partial charge in [0.05, 0.1) is 20.9 Å². The van der Waals surface area contributed by atoms with Crippen LogP contribution in [0, 0.1) is 0 Å². The maximum absolute atomic E-state index is 12.3. The van der Waals surface area contributed by atoms with Crippen molar-refractivity contribution in [2.45, 2.75) is 9.79 Å². The van der Waals surface area contributed by atoms with Crippen LogP contribution >= 0.6 is 11.3 Å². The minimum absolute atomic E-state index is 0.159. The molecular formula is C11H9NO3S2. The van der Waals surface area contributed by atoms with Crippen LogP contribution in [0.2, 0.25) is 0 Å². The zero-order valence-corrected chi connectivity index (χ0v) is 10.3. The average molecular weight is 267 g/mol. The molecule has 0 fully saturated rings. The quantitative estimate of drug-likeness (QED) is 0.527. The van der Waals surface area contributed by atoms with E-state index >= 15 is 0 Å². The summed E-state index contributed by atoms with van der Waals surface area (Å²) in [4.78, 5) is 0.800. The van der Waals surface area contributed by atoms with Gasteiger partial charge in [-0.15, -0.1) is 11.3 Å². The highest BCUT2D eigenvalue weighted by atomic mass is 32.2. The van der Waals surface area contributed by atoms with Gasteiger partial charge in [-0.3, -0.25) is 0 Å². The molecule has 0 unspecified atom stereocenters. The van der Waals surface area contributed by atoms with Gasteiger partial charge in [-0.05, 0) is 23.6 Å². The molecule has 0 aliphatic heterocycles. The lowest BCUT2D eigenvalue weighted by Gasteiger charge is -2.02. The van der Waals surface area contributed by atoms with E-state index in [0.29, 0.717) is 4.88 Å². The first-order chi connectivity index (χ1) is 8.16. The van der Waals surface area contributed by atoms with Crippen LogP contribution in [0.1, 0.15) is 4.88 Å². The Morgan fingerprint density at radius 1 is 1.18 bits per heavy atom. The summed E-state index contributed by atoms with van der Waals surface area (Å²) in [7, 11) is -3.54. The van der Waals surface area contributed by atoms with Gasteiger partial charge >= 0.3 is 0 Å². The number of rotatable bonds is 3. The third-order valence-electron chi connectivity index (χ3n) is 2.18. The number of oxime groups is 1. The summed E-state index contributed by atoms with van der Waals surface area (Å²) in [5.74, 6) is 0. The molecular weight excluding hydrogens is 258 g/mol. The third-order valence-corrected chi connectivity index (χ3v) is 4.98. The van der Waals surface area contributed by atoms with Crippen LogP contribution in [-0.4, -0.2) is 19.8 Å². The number of hydrogen-bond acceptors (Lipinski definition) is 5. The lowest BCUT2D eigenvalue weighted by Crippen LogP contribution is -2.02. The molecule has 1 aromatic carbocycles. The van der Waals surface area contributed by atoms with Crippen LogP contribution in [0.15, 0.2) is 56.7 Å². The summed E-state index contributed by atoms with van der Waals surface area (Å²) in [5, 5.41) is 13.0. The molecule has 6 heteroatoms. The summed E-state index contributed by atoms with van der Waals surface area (Å²) in [6.45, 7) is 0. The van der Waals surface area contributed by atoms with Crippen LogP contribution in [0.4, 0.5) is 0 Å². The molecule has 0 atom stereocenters. The van der Waals surface area contributed by atoms with Crippen molar-refractivity contribution in [3.8, 4) is 0 Å². The molecule has 0 aliphatic carbocycles. The molecule has 4 nitrogen and oxygen atoms in total. The van der Waals surface area contributed by atoms with Gasteiger partial charge in [-0.1, -0.05) is 23.4 Å². The minimum atomic E-state index is -3.54. The monoisotopic (exact) mass is 267 g/mol. The van der Waals surface area contributed by atoms with Crippen molar-refractivity contribution in [3.63, 3.8) is 0 Å². The molecule has 0 amide bonds. The van der Waals surface area contributed by atoms with Gasteiger partial charge < -0.3 is 5.21 Å². The molecule has 0 radical (unpaired) electrons. The molecule has 0 saturated heterocycles. The Labute approximate surface area is 103 Å². The Balaban J connectivity index is 2.57. The number of hydrogen-bond donors (Lipinski definition) is 1. The predicted octanol–water partition coefficient (Wildman–Crippen LogP) is 2.39. The van der Waals surface area contributed by atoms with Gasteiger partial charge in [0, 0.05) is 0 Å². The fraction of sp³-hybridized carbons (Fsp3) is 0. The SMILES string of the molecule is O=S(=O)(c1ccccc1)c1ccsc1/C=N/O. The van der Waals surface area contributed by atoms with Crippen molar-refractivity contribution >= 4 is 27.4 Å². The predicted molar refractivity (Wildman–Crippen MR) is 65.6 cm³/mol. The van der Waals surface area contributed by atoms with Crippen LogP contribution in [0.3, 0.4) is 0 Å². The maximum Gasteiger partial charge on any atom is 0.208 e. The second-order valence-corrected chi connectivity index (χ2v) is 6.08. The maximum atomic E-state index is 12.3. The Hall–Kier alpha value is -1.66. The summed E-state index contributed by atoms with van der Waals surface area (Å²) < 4.78 is 24.5. The van der Waals surface area contributed by atoms with E-state index in [2.05, 4.69) is 5.16 Å². The van der Waals surface area contributed by atoms with E-state index in [-0.39, 0.29) is 9.79 Å². The number of sulfone groups is 1. The lowest BCUT2D eigenvalue weighted by molar-refractivity contribution is 0.322. The molecule has 0 spiro atoms. The Bertz CT molecular complexity index is 630. The van der Waals surface area contributed by atoms with Crippen molar-refractivity contribution in [2.75, 3.05) is 0 Å². The molecule has 88 valence electrons. The van der Waals surface area contributed by atoms with Crippen LogP contribution < -0.4 is 0 Å². The molecule has 0 bridgehead atoms. The normalized spacial score (nSPS) is 12.0. The summed E-state index contributed by atoms with van der Waals surface area (Å²) >= 11 is 1.21. The van der Waals surface area contributed by atoms with Crippen LogP contribution in [-0.2, 0) is 9.84 Å². The van der Waals surface area contributed by atoms with Crippen LogP contribution in [0.25, 0.3) is 0 Å². The molecule has 2 rings (SSSR count). The first kappa shape index (κ1) is 11.8. The van der Waals surface area contributed by atoms with Crippen molar-refractivity contribution in [2.24, 2.45) is 5.16 Å². The first-order valence-corrected chi connectivity index (χ1v) is 7.07. The largest absolute Gasteiger partial charge is 0.411 e. The molecule has 1 N–H and O–H groups in total. The number of thiophene rings is 1. The summed E-state index contributed by atoms with van der Waals surface area (Å²) in [6, 6.07) is 9.66. The molecule has 17 heavy (non-hydrogen) atoms.